The molecule has 0 aromatic carbocycles. The van der Waals surface area contributed by atoms with E-state index in [4.69, 9.17) is 11.6 Å². The van der Waals surface area contributed by atoms with Crippen molar-refractivity contribution in [1.29, 1.82) is 0 Å². The molecule has 1 aliphatic rings. The van der Waals surface area contributed by atoms with E-state index in [9.17, 15) is 8.42 Å². The molecule has 6 nitrogen and oxygen atoms in total. The molecule has 1 fully saturated rings. The van der Waals surface area contributed by atoms with Crippen molar-refractivity contribution in [2.75, 3.05) is 37.3 Å². The number of sulfonamides is 1. The van der Waals surface area contributed by atoms with Crippen LogP contribution in [0.5, 0.6) is 0 Å². The Morgan fingerprint density at radius 3 is 2.31 bits per heavy atom. The van der Waals surface area contributed by atoms with E-state index in [1.165, 1.54) is 10.6 Å². The van der Waals surface area contributed by atoms with Crippen LogP contribution in [0.1, 0.15) is 0 Å². The molecule has 0 amide bonds. The Balaban J connectivity index is 2.04. The van der Waals surface area contributed by atoms with Gasteiger partial charge in [-0.05, 0) is 0 Å². The summed E-state index contributed by atoms with van der Waals surface area (Å²) in [5, 5.41) is 0.387. The molecule has 9 heteroatoms. The normalized spacial score (nSPS) is 19.0. The number of anilines is 1. The number of aromatic nitrogens is 2. The topological polar surface area (TPSA) is 66.4 Å². The molecule has 16 heavy (non-hydrogen) atoms. The molecule has 0 bridgehead atoms. The van der Waals surface area contributed by atoms with Gasteiger partial charge in [-0.15, -0.1) is 0 Å². The summed E-state index contributed by atoms with van der Waals surface area (Å²) in [7, 11) is -3.09. The fraction of sp³-hybridized carbons (Fsp3) is 0.714. The minimum Gasteiger partial charge on any atom is -0.351 e. The Morgan fingerprint density at radius 1 is 1.25 bits per heavy atom. The summed E-state index contributed by atoms with van der Waals surface area (Å²) < 4.78 is 32.0. The van der Waals surface area contributed by atoms with Crippen molar-refractivity contribution in [3.8, 4) is 0 Å². The van der Waals surface area contributed by atoms with Crippen molar-refractivity contribution in [3.63, 3.8) is 0 Å². The average molecular weight is 283 g/mol. The van der Waals surface area contributed by atoms with Gasteiger partial charge >= 0.3 is 0 Å². The zero-order valence-electron chi connectivity index (χ0n) is 8.63. The smallest absolute Gasteiger partial charge is 0.211 e. The fourth-order valence-electron chi connectivity index (χ4n) is 1.59. The molecular formula is C7H11ClN4O2S2. The second-order valence-electron chi connectivity index (χ2n) is 3.53. The van der Waals surface area contributed by atoms with Crippen LogP contribution in [0.15, 0.2) is 0 Å². The first-order valence-electron chi connectivity index (χ1n) is 4.66. The number of halogens is 1. The number of hydrogen-bond donors (Lipinski definition) is 0. The molecule has 0 atom stereocenters. The fourth-order valence-corrected chi connectivity index (χ4v) is 3.20. The average Bonchev–Trinajstić information content (AvgIpc) is 2.63. The Kier molecular flexibility index (Phi) is 3.34. The first kappa shape index (κ1) is 12.0. The highest BCUT2D eigenvalue weighted by atomic mass is 35.5. The van der Waals surface area contributed by atoms with Gasteiger partial charge in [0.15, 0.2) is 11.0 Å². The van der Waals surface area contributed by atoms with E-state index in [1.54, 1.807) is 0 Å². The molecule has 2 rings (SSSR count). The molecule has 0 radical (unpaired) electrons. The van der Waals surface area contributed by atoms with Gasteiger partial charge in [0.25, 0.3) is 0 Å². The monoisotopic (exact) mass is 282 g/mol. The van der Waals surface area contributed by atoms with Crippen LogP contribution in [0.25, 0.3) is 0 Å². The lowest BCUT2D eigenvalue weighted by Gasteiger charge is -2.33. The zero-order chi connectivity index (χ0) is 11.8. The molecule has 0 spiro atoms. The number of rotatable bonds is 2. The van der Waals surface area contributed by atoms with Crippen molar-refractivity contribution in [1.82, 2.24) is 13.1 Å². The maximum Gasteiger partial charge on any atom is 0.211 e. The van der Waals surface area contributed by atoms with Gasteiger partial charge in [0, 0.05) is 26.2 Å². The van der Waals surface area contributed by atoms with E-state index in [0.29, 0.717) is 37.1 Å². The van der Waals surface area contributed by atoms with Gasteiger partial charge < -0.3 is 4.90 Å². The molecule has 0 saturated carbocycles. The molecule has 0 N–H and O–H groups in total. The van der Waals surface area contributed by atoms with Gasteiger partial charge in [-0.25, -0.2) is 8.42 Å². The highest BCUT2D eigenvalue weighted by molar-refractivity contribution is 7.88. The molecule has 0 unspecified atom stereocenters. The lowest BCUT2D eigenvalue weighted by Crippen LogP contribution is -2.48. The van der Waals surface area contributed by atoms with Gasteiger partial charge in [-0.2, -0.15) is 13.1 Å². The molecule has 0 aliphatic carbocycles. The first-order valence-corrected chi connectivity index (χ1v) is 7.62. The highest BCUT2D eigenvalue weighted by Crippen LogP contribution is 2.24. The maximum absolute atomic E-state index is 11.3. The van der Waals surface area contributed by atoms with Gasteiger partial charge in [0.2, 0.25) is 10.0 Å². The van der Waals surface area contributed by atoms with Crippen LogP contribution in [0.3, 0.4) is 0 Å². The SMILES string of the molecule is CS(=O)(=O)N1CCN(c2nsnc2Cl)CC1. The number of hydrogen-bond acceptors (Lipinski definition) is 6. The van der Waals surface area contributed by atoms with E-state index in [0.717, 1.165) is 11.7 Å². The quantitative estimate of drug-likeness (QED) is 0.779. The summed E-state index contributed by atoms with van der Waals surface area (Å²) in [5.74, 6) is 0.653. The van der Waals surface area contributed by atoms with Crippen LogP contribution in [0.2, 0.25) is 5.15 Å². The summed E-state index contributed by atoms with van der Waals surface area (Å²) in [6, 6.07) is 0. The second-order valence-corrected chi connectivity index (χ2v) is 6.40. The van der Waals surface area contributed by atoms with E-state index in [1.807, 2.05) is 4.90 Å². The Bertz CT molecular complexity index is 466. The van der Waals surface area contributed by atoms with E-state index >= 15 is 0 Å². The minimum atomic E-state index is -3.09. The Hall–Kier alpha value is -0.440. The molecule has 1 aliphatic heterocycles. The standard InChI is InChI=1S/C7H11ClN4O2S2/c1-16(13,14)12-4-2-11(3-5-12)7-6(8)9-15-10-7/h2-5H2,1H3. The lowest BCUT2D eigenvalue weighted by molar-refractivity contribution is 0.387. The van der Waals surface area contributed by atoms with Crippen LogP contribution < -0.4 is 4.90 Å². The van der Waals surface area contributed by atoms with Crippen molar-refractivity contribution >= 4 is 39.2 Å². The van der Waals surface area contributed by atoms with Gasteiger partial charge in [-0.1, -0.05) is 11.6 Å². The van der Waals surface area contributed by atoms with Crippen LogP contribution in [-0.2, 0) is 10.0 Å². The third-order valence-electron chi connectivity index (χ3n) is 2.44. The van der Waals surface area contributed by atoms with Gasteiger partial charge in [-0.3, -0.25) is 0 Å². The van der Waals surface area contributed by atoms with Crippen LogP contribution >= 0.6 is 23.3 Å². The Labute approximate surface area is 103 Å². The van der Waals surface area contributed by atoms with Crippen LogP contribution in [0.4, 0.5) is 5.82 Å². The summed E-state index contributed by atoms with van der Waals surface area (Å²) in [6.07, 6.45) is 1.22. The largest absolute Gasteiger partial charge is 0.351 e. The second kappa shape index (κ2) is 4.44. The number of nitrogens with zero attached hydrogens (tertiary/aromatic N) is 4. The maximum atomic E-state index is 11.3. The number of piperazine rings is 1. The molecule has 1 aromatic heterocycles. The summed E-state index contributed by atoms with van der Waals surface area (Å²) in [6.45, 7) is 2.12. The third kappa shape index (κ3) is 2.45. The van der Waals surface area contributed by atoms with Gasteiger partial charge in [0.1, 0.15) is 0 Å². The lowest BCUT2D eigenvalue weighted by atomic mass is 10.4. The predicted molar refractivity (Wildman–Crippen MR) is 63.5 cm³/mol. The summed E-state index contributed by atoms with van der Waals surface area (Å²) in [5.41, 5.74) is 0. The first-order chi connectivity index (χ1) is 7.48. The van der Waals surface area contributed by atoms with Crippen molar-refractivity contribution in [2.24, 2.45) is 0 Å². The van der Waals surface area contributed by atoms with Crippen LogP contribution in [0, 0.1) is 0 Å². The van der Waals surface area contributed by atoms with Gasteiger partial charge in [0.05, 0.1) is 18.0 Å². The zero-order valence-corrected chi connectivity index (χ0v) is 11.0. The minimum absolute atomic E-state index is 0.387. The van der Waals surface area contributed by atoms with E-state index < -0.39 is 10.0 Å². The van der Waals surface area contributed by atoms with Crippen molar-refractivity contribution in [2.45, 2.75) is 0 Å². The van der Waals surface area contributed by atoms with E-state index in [2.05, 4.69) is 8.75 Å². The van der Waals surface area contributed by atoms with Crippen molar-refractivity contribution < 1.29 is 8.42 Å². The molecule has 1 saturated heterocycles. The van der Waals surface area contributed by atoms with Crippen LogP contribution in [-0.4, -0.2) is 53.9 Å². The third-order valence-corrected chi connectivity index (χ3v) is 4.62. The molecule has 2 heterocycles. The molecule has 90 valence electrons. The highest BCUT2D eigenvalue weighted by Gasteiger charge is 2.25. The predicted octanol–water partition coefficient (Wildman–Crippen LogP) is 0.273. The molecular weight excluding hydrogens is 272 g/mol. The Morgan fingerprint density at radius 2 is 1.88 bits per heavy atom. The van der Waals surface area contributed by atoms with Crippen molar-refractivity contribution in [3.05, 3.63) is 5.15 Å². The summed E-state index contributed by atoms with van der Waals surface area (Å²) in [4.78, 5) is 1.95. The summed E-state index contributed by atoms with van der Waals surface area (Å²) >= 11 is 6.92. The molecule has 1 aromatic rings. The van der Waals surface area contributed by atoms with E-state index in [-0.39, 0.29) is 0 Å².